The number of amides is 2. The zero-order chi connectivity index (χ0) is 9.78. The Balaban J connectivity index is 0.000000561. The third-order valence-corrected chi connectivity index (χ3v) is 1.51. The average Bonchev–Trinajstić information content (AvgIpc) is 2.03. The summed E-state index contributed by atoms with van der Waals surface area (Å²) >= 11 is 0. The van der Waals surface area contributed by atoms with E-state index in [9.17, 15) is 9.59 Å². The van der Waals surface area contributed by atoms with Gasteiger partial charge in [-0.05, 0) is 13.8 Å². The number of imide groups is 1. The highest BCUT2D eigenvalue weighted by Crippen LogP contribution is 2.03. The SMILES string of the molecule is CC.CC1(C)NCC(=O)NC1=O. The lowest BCUT2D eigenvalue weighted by molar-refractivity contribution is -0.137. The molecule has 1 rings (SSSR count). The van der Waals surface area contributed by atoms with Gasteiger partial charge < -0.3 is 0 Å². The van der Waals surface area contributed by atoms with Crippen LogP contribution in [0.2, 0.25) is 0 Å². The molecule has 0 aliphatic carbocycles. The van der Waals surface area contributed by atoms with Crippen molar-refractivity contribution in [2.24, 2.45) is 0 Å². The zero-order valence-electron chi connectivity index (χ0n) is 8.02. The molecular weight excluding hydrogens is 156 g/mol. The number of hydrogen-bond donors (Lipinski definition) is 2. The summed E-state index contributed by atoms with van der Waals surface area (Å²) in [5, 5.41) is 5.03. The third kappa shape index (κ3) is 2.62. The molecule has 0 aromatic carbocycles. The molecule has 0 bridgehead atoms. The van der Waals surface area contributed by atoms with Crippen molar-refractivity contribution < 1.29 is 9.59 Å². The summed E-state index contributed by atoms with van der Waals surface area (Å²) in [6.07, 6.45) is 0. The molecule has 4 heteroatoms. The van der Waals surface area contributed by atoms with Gasteiger partial charge >= 0.3 is 0 Å². The summed E-state index contributed by atoms with van der Waals surface area (Å²) in [6, 6.07) is 0. The average molecular weight is 172 g/mol. The molecule has 1 aliphatic rings. The Morgan fingerprint density at radius 2 is 1.75 bits per heavy atom. The van der Waals surface area contributed by atoms with Crippen molar-refractivity contribution in [3.8, 4) is 0 Å². The normalized spacial score (nSPS) is 20.7. The Morgan fingerprint density at radius 1 is 1.25 bits per heavy atom. The van der Waals surface area contributed by atoms with E-state index in [2.05, 4.69) is 10.6 Å². The first-order valence-electron chi connectivity index (χ1n) is 4.12. The van der Waals surface area contributed by atoms with Crippen LogP contribution in [-0.2, 0) is 9.59 Å². The van der Waals surface area contributed by atoms with Crippen LogP contribution in [0.5, 0.6) is 0 Å². The standard InChI is InChI=1S/C6H10N2O2.C2H6/c1-6(2)5(10)8-4(9)3-7-6;1-2/h7H,3H2,1-2H3,(H,8,9,10);1-2H3. The van der Waals surface area contributed by atoms with Gasteiger partial charge in [0.05, 0.1) is 12.1 Å². The van der Waals surface area contributed by atoms with Gasteiger partial charge in [0, 0.05) is 0 Å². The molecule has 0 saturated carbocycles. The summed E-state index contributed by atoms with van der Waals surface area (Å²) in [7, 11) is 0. The molecule has 0 aromatic rings. The minimum atomic E-state index is -0.603. The van der Waals surface area contributed by atoms with Crippen LogP contribution in [0, 0.1) is 0 Å². The van der Waals surface area contributed by atoms with Crippen molar-refractivity contribution in [2.75, 3.05) is 6.54 Å². The molecule has 70 valence electrons. The largest absolute Gasteiger partial charge is 0.295 e. The quantitative estimate of drug-likeness (QED) is 0.507. The van der Waals surface area contributed by atoms with Crippen LogP contribution >= 0.6 is 0 Å². The summed E-state index contributed by atoms with van der Waals surface area (Å²) < 4.78 is 0. The second-order valence-corrected chi connectivity index (χ2v) is 2.86. The number of carbonyl (C=O) groups excluding carboxylic acids is 2. The zero-order valence-corrected chi connectivity index (χ0v) is 8.02. The van der Waals surface area contributed by atoms with Crippen LogP contribution in [0.15, 0.2) is 0 Å². The van der Waals surface area contributed by atoms with Crippen molar-refractivity contribution in [2.45, 2.75) is 33.2 Å². The lowest BCUT2D eigenvalue weighted by Crippen LogP contribution is -2.62. The number of carbonyl (C=O) groups is 2. The van der Waals surface area contributed by atoms with E-state index in [0.29, 0.717) is 0 Å². The van der Waals surface area contributed by atoms with E-state index in [-0.39, 0.29) is 18.4 Å². The summed E-state index contributed by atoms with van der Waals surface area (Å²) in [5.74, 6) is -0.520. The second-order valence-electron chi connectivity index (χ2n) is 2.86. The van der Waals surface area contributed by atoms with Crippen molar-refractivity contribution >= 4 is 11.8 Å². The van der Waals surface area contributed by atoms with Crippen molar-refractivity contribution in [1.82, 2.24) is 10.6 Å². The van der Waals surface area contributed by atoms with E-state index in [0.717, 1.165) is 0 Å². The van der Waals surface area contributed by atoms with Gasteiger partial charge in [-0.25, -0.2) is 0 Å². The summed E-state index contributed by atoms with van der Waals surface area (Å²) in [4.78, 5) is 21.5. The van der Waals surface area contributed by atoms with Crippen molar-refractivity contribution in [3.05, 3.63) is 0 Å². The number of piperazine rings is 1. The molecule has 0 spiro atoms. The summed E-state index contributed by atoms with van der Waals surface area (Å²) in [5.41, 5.74) is -0.603. The molecule has 0 aromatic heterocycles. The minimum absolute atomic E-state index is 0.221. The van der Waals surface area contributed by atoms with Crippen molar-refractivity contribution in [1.29, 1.82) is 0 Å². The first kappa shape index (κ1) is 11.1. The number of hydrogen-bond acceptors (Lipinski definition) is 3. The third-order valence-electron chi connectivity index (χ3n) is 1.51. The fraction of sp³-hybridized carbons (Fsp3) is 0.750. The van der Waals surface area contributed by atoms with Gasteiger partial charge in [-0.2, -0.15) is 0 Å². The molecule has 12 heavy (non-hydrogen) atoms. The van der Waals surface area contributed by atoms with Crippen LogP contribution in [0.1, 0.15) is 27.7 Å². The molecule has 0 atom stereocenters. The van der Waals surface area contributed by atoms with Gasteiger partial charge in [0.15, 0.2) is 0 Å². The highest BCUT2D eigenvalue weighted by molar-refractivity contribution is 6.02. The fourth-order valence-corrected chi connectivity index (χ4v) is 0.709. The first-order chi connectivity index (χ1) is 5.52. The van der Waals surface area contributed by atoms with Gasteiger partial charge in [-0.1, -0.05) is 13.8 Å². The molecule has 1 heterocycles. The molecule has 2 amide bonds. The fourth-order valence-electron chi connectivity index (χ4n) is 0.709. The highest BCUT2D eigenvalue weighted by atomic mass is 16.2. The lowest BCUT2D eigenvalue weighted by Gasteiger charge is -2.28. The Labute approximate surface area is 72.7 Å². The van der Waals surface area contributed by atoms with Crippen LogP contribution in [0.3, 0.4) is 0 Å². The molecule has 0 unspecified atom stereocenters. The van der Waals surface area contributed by atoms with E-state index in [1.54, 1.807) is 13.8 Å². The monoisotopic (exact) mass is 172 g/mol. The van der Waals surface area contributed by atoms with Crippen LogP contribution in [0.4, 0.5) is 0 Å². The Hall–Kier alpha value is -0.900. The van der Waals surface area contributed by atoms with E-state index >= 15 is 0 Å². The topological polar surface area (TPSA) is 58.2 Å². The number of nitrogens with one attached hydrogen (secondary N) is 2. The van der Waals surface area contributed by atoms with E-state index < -0.39 is 5.54 Å². The van der Waals surface area contributed by atoms with E-state index in [1.165, 1.54) is 0 Å². The maximum Gasteiger partial charge on any atom is 0.246 e. The maximum absolute atomic E-state index is 10.9. The molecule has 1 saturated heterocycles. The highest BCUT2D eigenvalue weighted by Gasteiger charge is 2.32. The predicted octanol–water partition coefficient (Wildman–Crippen LogP) is 0.0372. The second kappa shape index (κ2) is 4.21. The van der Waals surface area contributed by atoms with Gasteiger partial charge in [-0.15, -0.1) is 0 Å². The van der Waals surface area contributed by atoms with Crippen LogP contribution < -0.4 is 10.6 Å². The van der Waals surface area contributed by atoms with Crippen LogP contribution in [-0.4, -0.2) is 23.9 Å². The van der Waals surface area contributed by atoms with Gasteiger partial charge in [0.25, 0.3) is 0 Å². The predicted molar refractivity (Wildman–Crippen MR) is 46.6 cm³/mol. The van der Waals surface area contributed by atoms with E-state index in [1.807, 2.05) is 13.8 Å². The number of rotatable bonds is 0. The van der Waals surface area contributed by atoms with Gasteiger partial charge in [-0.3, -0.25) is 20.2 Å². The van der Waals surface area contributed by atoms with Crippen molar-refractivity contribution in [3.63, 3.8) is 0 Å². The molecule has 0 radical (unpaired) electrons. The Morgan fingerprint density at radius 3 is 2.08 bits per heavy atom. The van der Waals surface area contributed by atoms with Crippen LogP contribution in [0.25, 0.3) is 0 Å². The molecule has 2 N–H and O–H groups in total. The molecule has 1 fully saturated rings. The lowest BCUT2D eigenvalue weighted by atomic mass is 10.0. The molecule has 1 aliphatic heterocycles. The first-order valence-corrected chi connectivity index (χ1v) is 4.12. The Bertz CT molecular complexity index is 187. The molecular formula is C8H16N2O2. The summed E-state index contributed by atoms with van der Waals surface area (Å²) in [6.45, 7) is 7.68. The smallest absolute Gasteiger partial charge is 0.246 e. The van der Waals surface area contributed by atoms with Gasteiger partial charge in [0.2, 0.25) is 11.8 Å². The molecule has 4 nitrogen and oxygen atoms in total. The Kier molecular flexibility index (Phi) is 3.89. The maximum atomic E-state index is 10.9. The minimum Gasteiger partial charge on any atom is -0.295 e. The van der Waals surface area contributed by atoms with Gasteiger partial charge in [0.1, 0.15) is 0 Å². The van der Waals surface area contributed by atoms with E-state index in [4.69, 9.17) is 0 Å².